The molecule has 0 bridgehead atoms. The number of halogens is 3. The van der Waals surface area contributed by atoms with Crippen molar-refractivity contribution in [3.8, 4) is 0 Å². The molecule has 3 aromatic rings. The highest BCUT2D eigenvalue weighted by molar-refractivity contribution is 7.15. The molecule has 1 heterocycles. The number of anilines is 1. The van der Waals surface area contributed by atoms with Gasteiger partial charge in [-0.1, -0.05) is 43.6 Å². The number of nitrogens with one attached hydrogen (secondary N) is 2. The van der Waals surface area contributed by atoms with Crippen LogP contribution in [0.1, 0.15) is 34.6 Å². The van der Waals surface area contributed by atoms with Gasteiger partial charge >= 0.3 is 0 Å². The normalized spacial score (nSPS) is 11.9. The minimum atomic E-state index is -1.01. The molecule has 2 N–H and O–H groups in total. The van der Waals surface area contributed by atoms with Gasteiger partial charge in [0.05, 0.1) is 0 Å². The average Bonchev–Trinajstić information content (AvgIpc) is 3.12. The third kappa shape index (κ3) is 5.86. The van der Waals surface area contributed by atoms with Crippen LogP contribution in [0.25, 0.3) is 0 Å². The molecule has 0 aliphatic heterocycles. The molecule has 1 aromatic heterocycles. The van der Waals surface area contributed by atoms with E-state index in [0.717, 1.165) is 28.6 Å². The summed E-state index contributed by atoms with van der Waals surface area (Å²) in [6, 6.07) is 9.57. The number of carbonyl (C=O) groups excluding carboxylic acids is 2. The van der Waals surface area contributed by atoms with Crippen molar-refractivity contribution < 1.29 is 18.4 Å². The Morgan fingerprint density at radius 3 is 2.45 bits per heavy atom. The number of hydrogen-bond acceptors (Lipinski definition) is 4. The fourth-order valence-corrected chi connectivity index (χ4v) is 4.00. The highest BCUT2D eigenvalue weighted by Gasteiger charge is 2.27. The third-order valence-electron chi connectivity index (χ3n) is 4.48. The van der Waals surface area contributed by atoms with Crippen LogP contribution in [0.5, 0.6) is 0 Å². The van der Waals surface area contributed by atoms with Crippen molar-refractivity contribution in [2.45, 2.75) is 26.3 Å². The van der Waals surface area contributed by atoms with Crippen molar-refractivity contribution in [3.05, 3.63) is 81.3 Å². The maximum absolute atomic E-state index is 13.9. The number of benzene rings is 2. The fraction of sp³-hybridized carbons (Fsp3) is 0.227. The summed E-state index contributed by atoms with van der Waals surface area (Å²) in [5, 5.41) is 6.08. The molecule has 162 valence electrons. The van der Waals surface area contributed by atoms with E-state index in [2.05, 4.69) is 15.6 Å². The van der Waals surface area contributed by atoms with Crippen molar-refractivity contribution in [2.24, 2.45) is 5.92 Å². The molecule has 0 aliphatic carbocycles. The Bertz CT molecular complexity index is 1080. The van der Waals surface area contributed by atoms with E-state index in [1.165, 1.54) is 11.3 Å². The lowest BCUT2D eigenvalue weighted by Crippen LogP contribution is -2.47. The van der Waals surface area contributed by atoms with Gasteiger partial charge in [-0.05, 0) is 35.7 Å². The first-order chi connectivity index (χ1) is 14.7. The van der Waals surface area contributed by atoms with Gasteiger partial charge < -0.3 is 10.6 Å². The van der Waals surface area contributed by atoms with Crippen molar-refractivity contribution >= 4 is 39.9 Å². The SMILES string of the molecule is CC(C)C(NC(=O)c1c(F)cccc1F)C(=O)Nc1ncc(Cc2cccc(Cl)c2)s1. The van der Waals surface area contributed by atoms with Crippen LogP contribution in [0.4, 0.5) is 13.9 Å². The van der Waals surface area contributed by atoms with Crippen LogP contribution in [0.2, 0.25) is 5.02 Å². The molecule has 9 heteroatoms. The summed E-state index contributed by atoms with van der Waals surface area (Å²) in [4.78, 5) is 30.3. The largest absolute Gasteiger partial charge is 0.340 e. The minimum Gasteiger partial charge on any atom is -0.340 e. The molecule has 2 amide bonds. The highest BCUT2D eigenvalue weighted by atomic mass is 35.5. The number of hydrogen-bond donors (Lipinski definition) is 2. The van der Waals surface area contributed by atoms with Crippen LogP contribution in [-0.4, -0.2) is 22.8 Å². The lowest BCUT2D eigenvalue weighted by atomic mass is 10.0. The summed E-state index contributed by atoms with van der Waals surface area (Å²) in [7, 11) is 0. The zero-order valence-corrected chi connectivity index (χ0v) is 18.4. The van der Waals surface area contributed by atoms with Gasteiger partial charge in [0.1, 0.15) is 23.2 Å². The van der Waals surface area contributed by atoms with Gasteiger partial charge in [0.25, 0.3) is 5.91 Å². The summed E-state index contributed by atoms with van der Waals surface area (Å²) in [6.07, 6.45) is 2.25. The maximum Gasteiger partial charge on any atom is 0.257 e. The van der Waals surface area contributed by atoms with Crippen LogP contribution in [-0.2, 0) is 11.2 Å². The number of nitrogens with zero attached hydrogens (tertiary/aromatic N) is 1. The molecular weight excluding hydrogens is 444 g/mol. The van der Waals surface area contributed by atoms with Gasteiger partial charge in [0.15, 0.2) is 5.13 Å². The molecule has 3 rings (SSSR count). The first-order valence-corrected chi connectivity index (χ1v) is 10.7. The molecule has 2 aromatic carbocycles. The van der Waals surface area contributed by atoms with E-state index in [1.54, 1.807) is 26.1 Å². The molecule has 0 radical (unpaired) electrons. The highest BCUT2D eigenvalue weighted by Crippen LogP contribution is 2.23. The second kappa shape index (κ2) is 9.98. The molecule has 1 unspecified atom stereocenters. The molecule has 0 aliphatic rings. The number of carbonyl (C=O) groups is 2. The molecule has 5 nitrogen and oxygen atoms in total. The minimum absolute atomic E-state index is 0.329. The second-order valence-corrected chi connectivity index (χ2v) is 8.77. The predicted molar refractivity (Wildman–Crippen MR) is 117 cm³/mol. The van der Waals surface area contributed by atoms with Crippen molar-refractivity contribution in [1.29, 1.82) is 0 Å². The van der Waals surface area contributed by atoms with Crippen LogP contribution in [0.15, 0.2) is 48.7 Å². The van der Waals surface area contributed by atoms with E-state index in [-0.39, 0.29) is 5.92 Å². The van der Waals surface area contributed by atoms with E-state index < -0.39 is 35.1 Å². The molecule has 0 saturated carbocycles. The smallest absolute Gasteiger partial charge is 0.257 e. The summed E-state index contributed by atoms with van der Waals surface area (Å²) < 4.78 is 27.8. The topological polar surface area (TPSA) is 71.1 Å². The number of thiazole rings is 1. The van der Waals surface area contributed by atoms with Crippen molar-refractivity contribution in [2.75, 3.05) is 5.32 Å². The standard InChI is InChI=1S/C22H20ClF2N3O2S/c1-12(2)19(27-20(29)18-16(24)7-4-8-17(18)25)21(30)28-22-26-11-15(31-22)10-13-5-3-6-14(23)9-13/h3-9,11-12,19H,10H2,1-2H3,(H,27,29)(H,26,28,30). The van der Waals surface area contributed by atoms with E-state index in [4.69, 9.17) is 11.6 Å². The molecule has 0 saturated heterocycles. The van der Waals surface area contributed by atoms with Gasteiger partial charge in [-0.3, -0.25) is 9.59 Å². The first kappa shape index (κ1) is 22.8. The number of aromatic nitrogens is 1. The number of amides is 2. The van der Waals surface area contributed by atoms with Gasteiger partial charge in [0, 0.05) is 22.5 Å². The Balaban J connectivity index is 1.68. The summed E-state index contributed by atoms with van der Waals surface area (Å²) in [5.41, 5.74) is 0.285. The van der Waals surface area contributed by atoms with E-state index in [1.807, 2.05) is 18.2 Å². The molecule has 0 spiro atoms. The monoisotopic (exact) mass is 463 g/mol. The molecule has 1 atom stereocenters. The predicted octanol–water partition coefficient (Wildman–Crippen LogP) is 5.06. The van der Waals surface area contributed by atoms with E-state index in [0.29, 0.717) is 16.6 Å². The van der Waals surface area contributed by atoms with E-state index in [9.17, 15) is 18.4 Å². The molecule has 31 heavy (non-hydrogen) atoms. The summed E-state index contributed by atoms with van der Waals surface area (Å²) >= 11 is 7.30. The van der Waals surface area contributed by atoms with Gasteiger partial charge in [-0.2, -0.15) is 0 Å². The van der Waals surface area contributed by atoms with Crippen molar-refractivity contribution in [3.63, 3.8) is 0 Å². The molecule has 0 fully saturated rings. The number of rotatable bonds is 7. The zero-order chi connectivity index (χ0) is 22.5. The zero-order valence-electron chi connectivity index (χ0n) is 16.8. The van der Waals surface area contributed by atoms with Gasteiger partial charge in [0.2, 0.25) is 5.91 Å². The average molecular weight is 464 g/mol. The fourth-order valence-electron chi connectivity index (χ4n) is 2.94. The second-order valence-electron chi connectivity index (χ2n) is 7.22. The van der Waals surface area contributed by atoms with E-state index >= 15 is 0 Å². The Morgan fingerprint density at radius 1 is 1.13 bits per heavy atom. The lowest BCUT2D eigenvalue weighted by Gasteiger charge is -2.21. The summed E-state index contributed by atoms with van der Waals surface area (Å²) in [5.74, 6) is -3.84. The Morgan fingerprint density at radius 2 is 1.81 bits per heavy atom. The van der Waals surface area contributed by atoms with Crippen LogP contribution in [0.3, 0.4) is 0 Å². The quantitative estimate of drug-likeness (QED) is 0.514. The van der Waals surface area contributed by atoms with Gasteiger partial charge in [-0.15, -0.1) is 11.3 Å². The third-order valence-corrected chi connectivity index (χ3v) is 5.62. The summed E-state index contributed by atoms with van der Waals surface area (Å²) in [6.45, 7) is 3.43. The van der Waals surface area contributed by atoms with Crippen LogP contribution < -0.4 is 10.6 Å². The lowest BCUT2D eigenvalue weighted by molar-refractivity contribution is -0.118. The first-order valence-electron chi connectivity index (χ1n) is 9.49. The van der Waals surface area contributed by atoms with Crippen molar-refractivity contribution in [1.82, 2.24) is 10.3 Å². The Hall–Kier alpha value is -2.84. The van der Waals surface area contributed by atoms with Crippen LogP contribution >= 0.6 is 22.9 Å². The molecular formula is C22H20ClF2N3O2S. The Labute approximate surface area is 187 Å². The van der Waals surface area contributed by atoms with Gasteiger partial charge in [-0.25, -0.2) is 13.8 Å². The van der Waals surface area contributed by atoms with Crippen LogP contribution in [0, 0.1) is 17.6 Å². The Kier molecular flexibility index (Phi) is 7.35. The maximum atomic E-state index is 13.9.